The van der Waals surface area contributed by atoms with Crippen LogP contribution in [0.25, 0.3) is 21.6 Å². The Morgan fingerprint density at radius 1 is 1.16 bits per heavy atom. The number of aromatic nitrogens is 2. The predicted octanol–water partition coefficient (Wildman–Crippen LogP) is 2.69. The van der Waals surface area contributed by atoms with E-state index in [9.17, 15) is 4.79 Å². The molecule has 25 heavy (non-hydrogen) atoms. The van der Waals surface area contributed by atoms with Gasteiger partial charge in [0.2, 0.25) is 5.91 Å². The molecule has 0 radical (unpaired) electrons. The Bertz CT molecular complexity index is 978. The molecule has 1 amide bonds. The summed E-state index contributed by atoms with van der Waals surface area (Å²) in [4.78, 5) is 23.7. The maximum atomic E-state index is 11.8. The number of nitrogens with zero attached hydrogens (tertiary/aromatic N) is 3. The van der Waals surface area contributed by atoms with Gasteiger partial charge >= 0.3 is 0 Å². The monoisotopic (exact) mass is 352 g/mol. The number of benzene rings is 1. The van der Waals surface area contributed by atoms with E-state index in [1.54, 1.807) is 11.3 Å². The van der Waals surface area contributed by atoms with Crippen LogP contribution < -0.4 is 10.2 Å². The van der Waals surface area contributed by atoms with E-state index in [-0.39, 0.29) is 5.91 Å². The van der Waals surface area contributed by atoms with Crippen LogP contribution in [0.1, 0.15) is 5.56 Å². The standard InChI is InChI=1S/C18H16N4O2S/c23-15-10-12-11(2-1-3-13(12)19-15)17-20-14-4-9-25-16(14)18(21-17)22-5-7-24-8-6-22/h1-4,9H,5-8,10H2,(H,19,23). The highest BCUT2D eigenvalue weighted by atomic mass is 32.1. The predicted molar refractivity (Wildman–Crippen MR) is 98.2 cm³/mol. The summed E-state index contributed by atoms with van der Waals surface area (Å²) in [6.45, 7) is 3.09. The van der Waals surface area contributed by atoms with Crippen LogP contribution in [-0.2, 0) is 16.0 Å². The van der Waals surface area contributed by atoms with Crippen LogP contribution in [-0.4, -0.2) is 42.2 Å². The maximum Gasteiger partial charge on any atom is 0.228 e. The van der Waals surface area contributed by atoms with Crippen molar-refractivity contribution in [3.05, 3.63) is 35.2 Å². The summed E-state index contributed by atoms with van der Waals surface area (Å²) in [5.41, 5.74) is 3.73. The van der Waals surface area contributed by atoms with Gasteiger partial charge in [-0.2, -0.15) is 0 Å². The first-order valence-corrected chi connectivity index (χ1v) is 9.17. The molecule has 0 spiro atoms. The number of hydrogen-bond acceptors (Lipinski definition) is 6. The SMILES string of the molecule is O=C1Cc2c(cccc2-c2nc(N3CCOCC3)c3sccc3n2)N1. The Labute approximate surface area is 148 Å². The third-order valence-corrected chi connectivity index (χ3v) is 5.52. The fraction of sp³-hybridized carbons (Fsp3) is 0.278. The van der Waals surface area contributed by atoms with Crippen molar-refractivity contribution in [2.45, 2.75) is 6.42 Å². The highest BCUT2D eigenvalue weighted by Gasteiger charge is 2.24. The number of fused-ring (bicyclic) bond motifs is 2. The fourth-order valence-electron chi connectivity index (χ4n) is 3.42. The maximum absolute atomic E-state index is 11.8. The van der Waals surface area contributed by atoms with E-state index in [4.69, 9.17) is 14.7 Å². The van der Waals surface area contributed by atoms with Crippen LogP contribution in [0.15, 0.2) is 29.6 Å². The van der Waals surface area contributed by atoms with Gasteiger partial charge in [-0.3, -0.25) is 4.79 Å². The van der Waals surface area contributed by atoms with Gasteiger partial charge in [-0.05, 0) is 23.1 Å². The largest absolute Gasteiger partial charge is 0.378 e. The van der Waals surface area contributed by atoms with E-state index in [1.807, 2.05) is 29.6 Å². The lowest BCUT2D eigenvalue weighted by Crippen LogP contribution is -2.36. The normalized spacial score (nSPS) is 17.0. The molecule has 5 rings (SSSR count). The number of morpholine rings is 1. The Morgan fingerprint density at radius 3 is 2.92 bits per heavy atom. The van der Waals surface area contributed by atoms with Crippen LogP contribution in [0.4, 0.5) is 11.5 Å². The van der Waals surface area contributed by atoms with E-state index in [1.165, 1.54) is 0 Å². The summed E-state index contributed by atoms with van der Waals surface area (Å²) in [6, 6.07) is 7.89. The number of nitrogens with one attached hydrogen (secondary N) is 1. The Morgan fingerprint density at radius 2 is 2.04 bits per heavy atom. The molecular weight excluding hydrogens is 336 g/mol. The van der Waals surface area contributed by atoms with Gasteiger partial charge in [0.1, 0.15) is 0 Å². The Kier molecular flexibility index (Phi) is 3.43. The molecule has 2 aliphatic heterocycles. The summed E-state index contributed by atoms with van der Waals surface area (Å²) in [7, 11) is 0. The molecule has 1 fully saturated rings. The third-order valence-electron chi connectivity index (χ3n) is 4.62. The topological polar surface area (TPSA) is 67.4 Å². The summed E-state index contributed by atoms with van der Waals surface area (Å²) >= 11 is 1.66. The van der Waals surface area contributed by atoms with Gasteiger partial charge in [-0.25, -0.2) is 9.97 Å². The van der Waals surface area contributed by atoms with Crippen LogP contribution in [0.5, 0.6) is 0 Å². The highest BCUT2D eigenvalue weighted by Crippen LogP contribution is 2.36. The Hall–Kier alpha value is -2.51. The molecule has 126 valence electrons. The third kappa shape index (κ3) is 2.47. The fourth-order valence-corrected chi connectivity index (χ4v) is 4.26. The minimum atomic E-state index is 0.0208. The molecule has 0 unspecified atom stereocenters. The molecular formula is C18H16N4O2S. The van der Waals surface area contributed by atoms with Crippen molar-refractivity contribution in [2.75, 3.05) is 36.5 Å². The van der Waals surface area contributed by atoms with E-state index in [2.05, 4.69) is 10.2 Å². The summed E-state index contributed by atoms with van der Waals surface area (Å²) in [6.07, 6.45) is 0.378. The molecule has 6 nitrogen and oxygen atoms in total. The molecule has 1 saturated heterocycles. The molecule has 2 aliphatic rings. The zero-order chi connectivity index (χ0) is 16.8. The molecule has 7 heteroatoms. The molecule has 1 aromatic carbocycles. The second-order valence-electron chi connectivity index (χ2n) is 6.16. The first-order valence-electron chi connectivity index (χ1n) is 8.29. The number of hydrogen-bond donors (Lipinski definition) is 1. The average molecular weight is 352 g/mol. The van der Waals surface area contributed by atoms with Crippen LogP contribution in [0.3, 0.4) is 0 Å². The second-order valence-corrected chi connectivity index (χ2v) is 7.08. The number of amides is 1. The van der Waals surface area contributed by atoms with Gasteiger partial charge in [0.05, 0.1) is 29.9 Å². The van der Waals surface area contributed by atoms with Gasteiger partial charge in [-0.1, -0.05) is 12.1 Å². The quantitative estimate of drug-likeness (QED) is 0.768. The molecule has 0 aliphatic carbocycles. The Balaban J connectivity index is 1.68. The van der Waals surface area contributed by atoms with E-state index in [0.717, 1.165) is 45.9 Å². The number of anilines is 2. The number of carbonyl (C=O) groups is 1. The molecule has 1 N–H and O–H groups in total. The van der Waals surface area contributed by atoms with Crippen molar-refractivity contribution in [3.8, 4) is 11.4 Å². The van der Waals surface area contributed by atoms with E-state index >= 15 is 0 Å². The molecule has 0 bridgehead atoms. The first kappa shape index (κ1) is 14.8. The smallest absolute Gasteiger partial charge is 0.228 e. The van der Waals surface area contributed by atoms with E-state index in [0.29, 0.717) is 25.5 Å². The van der Waals surface area contributed by atoms with Crippen molar-refractivity contribution in [1.82, 2.24) is 9.97 Å². The zero-order valence-corrected chi connectivity index (χ0v) is 14.3. The van der Waals surface area contributed by atoms with Gasteiger partial charge < -0.3 is 15.0 Å². The van der Waals surface area contributed by atoms with Gasteiger partial charge in [0, 0.05) is 24.3 Å². The van der Waals surface area contributed by atoms with Crippen LogP contribution >= 0.6 is 11.3 Å². The molecule has 0 saturated carbocycles. The second kappa shape index (κ2) is 5.79. The van der Waals surface area contributed by atoms with Crippen molar-refractivity contribution < 1.29 is 9.53 Å². The lowest BCUT2D eigenvalue weighted by Gasteiger charge is -2.28. The van der Waals surface area contributed by atoms with Crippen molar-refractivity contribution >= 4 is 39.0 Å². The number of carbonyl (C=O) groups excluding carboxylic acids is 1. The molecule has 0 atom stereocenters. The molecule has 3 aromatic rings. The van der Waals surface area contributed by atoms with Gasteiger partial charge in [0.25, 0.3) is 0 Å². The van der Waals surface area contributed by atoms with Gasteiger partial charge in [-0.15, -0.1) is 11.3 Å². The number of ether oxygens (including phenoxy) is 1. The number of rotatable bonds is 2. The van der Waals surface area contributed by atoms with Crippen LogP contribution in [0, 0.1) is 0 Å². The summed E-state index contributed by atoms with van der Waals surface area (Å²) in [5, 5.41) is 4.95. The van der Waals surface area contributed by atoms with E-state index < -0.39 is 0 Å². The minimum Gasteiger partial charge on any atom is -0.378 e. The van der Waals surface area contributed by atoms with Crippen molar-refractivity contribution in [1.29, 1.82) is 0 Å². The lowest BCUT2D eigenvalue weighted by molar-refractivity contribution is -0.115. The average Bonchev–Trinajstić information content (AvgIpc) is 3.26. The summed E-state index contributed by atoms with van der Waals surface area (Å²) < 4.78 is 6.58. The zero-order valence-electron chi connectivity index (χ0n) is 13.5. The number of thiophene rings is 1. The first-order chi connectivity index (χ1) is 12.3. The molecule has 2 aromatic heterocycles. The van der Waals surface area contributed by atoms with Crippen molar-refractivity contribution in [2.24, 2.45) is 0 Å². The highest BCUT2D eigenvalue weighted by molar-refractivity contribution is 7.17. The minimum absolute atomic E-state index is 0.0208. The molecule has 4 heterocycles. The van der Waals surface area contributed by atoms with Crippen LogP contribution in [0.2, 0.25) is 0 Å². The van der Waals surface area contributed by atoms with Crippen molar-refractivity contribution in [3.63, 3.8) is 0 Å². The van der Waals surface area contributed by atoms with Gasteiger partial charge in [0.15, 0.2) is 11.6 Å². The lowest BCUT2D eigenvalue weighted by atomic mass is 10.0. The summed E-state index contributed by atoms with van der Waals surface area (Å²) in [5.74, 6) is 1.67.